The zero-order valence-corrected chi connectivity index (χ0v) is 12.7. The Labute approximate surface area is 122 Å². The summed E-state index contributed by atoms with van der Waals surface area (Å²) in [4.78, 5) is 10.9. The summed E-state index contributed by atoms with van der Waals surface area (Å²) in [5, 5.41) is 4.45. The topological polar surface area (TPSA) is 25.8 Å². The number of rotatable bonds is 3. The van der Waals surface area contributed by atoms with Gasteiger partial charge in [0.15, 0.2) is 0 Å². The molecule has 0 spiro atoms. The largest absolute Gasteiger partial charge is 0.224 e. The van der Waals surface area contributed by atoms with Gasteiger partial charge in [-0.1, -0.05) is 24.8 Å². The van der Waals surface area contributed by atoms with Gasteiger partial charge in [-0.05, 0) is 35.5 Å². The molecule has 0 radical (unpaired) electrons. The van der Waals surface area contributed by atoms with Crippen LogP contribution in [0.5, 0.6) is 0 Å². The minimum absolute atomic E-state index is 0.325. The zero-order valence-electron chi connectivity index (χ0n) is 9.51. The molecule has 3 aromatic heterocycles. The Morgan fingerprint density at radius 1 is 1.39 bits per heavy atom. The summed E-state index contributed by atoms with van der Waals surface area (Å²) in [5.41, 5.74) is 0. The van der Waals surface area contributed by atoms with E-state index in [1.807, 2.05) is 6.07 Å². The number of aromatic nitrogens is 2. The molecular formula is C12H9ClN2S3. The molecule has 0 aliphatic heterocycles. The Bertz CT molecular complexity index is 676. The van der Waals surface area contributed by atoms with E-state index in [0.29, 0.717) is 5.28 Å². The SMILES string of the molecule is CCc1cc2c(Sc3cccs3)nc(Cl)nc2s1. The van der Waals surface area contributed by atoms with Crippen molar-refractivity contribution in [2.45, 2.75) is 22.6 Å². The van der Waals surface area contributed by atoms with Crippen molar-refractivity contribution in [2.75, 3.05) is 0 Å². The summed E-state index contributed by atoms with van der Waals surface area (Å²) < 4.78 is 1.22. The van der Waals surface area contributed by atoms with Crippen molar-refractivity contribution in [2.24, 2.45) is 0 Å². The van der Waals surface area contributed by atoms with Crippen LogP contribution in [-0.4, -0.2) is 9.97 Å². The van der Waals surface area contributed by atoms with Crippen LogP contribution in [0.2, 0.25) is 5.28 Å². The second kappa shape index (κ2) is 5.17. The van der Waals surface area contributed by atoms with E-state index in [1.165, 1.54) is 9.09 Å². The number of hydrogen-bond acceptors (Lipinski definition) is 5. The van der Waals surface area contributed by atoms with Gasteiger partial charge in [0.25, 0.3) is 0 Å². The van der Waals surface area contributed by atoms with E-state index in [1.54, 1.807) is 34.4 Å². The van der Waals surface area contributed by atoms with E-state index in [4.69, 9.17) is 11.6 Å². The van der Waals surface area contributed by atoms with Crippen molar-refractivity contribution < 1.29 is 0 Å². The lowest BCUT2D eigenvalue weighted by Crippen LogP contribution is -1.85. The summed E-state index contributed by atoms with van der Waals surface area (Å²) in [6, 6.07) is 6.30. The first-order valence-electron chi connectivity index (χ1n) is 5.43. The highest BCUT2D eigenvalue weighted by molar-refractivity contribution is 8.01. The van der Waals surface area contributed by atoms with Gasteiger partial charge in [-0.3, -0.25) is 0 Å². The maximum Gasteiger partial charge on any atom is 0.224 e. The Morgan fingerprint density at radius 2 is 2.28 bits per heavy atom. The molecule has 6 heteroatoms. The lowest BCUT2D eigenvalue weighted by Gasteiger charge is -2.00. The van der Waals surface area contributed by atoms with E-state index in [9.17, 15) is 0 Å². The van der Waals surface area contributed by atoms with Gasteiger partial charge in [0, 0.05) is 10.3 Å². The predicted octanol–water partition coefficient (Wildman–Crippen LogP) is 5.12. The van der Waals surface area contributed by atoms with Crippen LogP contribution < -0.4 is 0 Å². The molecule has 0 unspecified atom stereocenters. The van der Waals surface area contributed by atoms with E-state index in [2.05, 4.69) is 34.4 Å². The third-order valence-electron chi connectivity index (χ3n) is 2.42. The lowest BCUT2D eigenvalue weighted by molar-refractivity contribution is 1.11. The average Bonchev–Trinajstić information content (AvgIpc) is 2.97. The van der Waals surface area contributed by atoms with Gasteiger partial charge >= 0.3 is 0 Å². The monoisotopic (exact) mass is 312 g/mol. The molecule has 0 aliphatic rings. The van der Waals surface area contributed by atoms with E-state index in [-0.39, 0.29) is 0 Å². The van der Waals surface area contributed by atoms with Crippen LogP contribution in [0.1, 0.15) is 11.8 Å². The average molecular weight is 313 g/mol. The van der Waals surface area contributed by atoms with Crippen LogP contribution in [-0.2, 0) is 6.42 Å². The van der Waals surface area contributed by atoms with Crippen LogP contribution in [0.15, 0.2) is 32.8 Å². The van der Waals surface area contributed by atoms with Crippen molar-refractivity contribution in [1.29, 1.82) is 0 Å². The lowest BCUT2D eigenvalue weighted by atomic mass is 10.3. The van der Waals surface area contributed by atoms with Crippen LogP contribution >= 0.6 is 46.0 Å². The Balaban J connectivity index is 2.11. The fourth-order valence-electron chi connectivity index (χ4n) is 1.59. The number of hydrogen-bond donors (Lipinski definition) is 0. The van der Waals surface area contributed by atoms with Gasteiger partial charge in [-0.15, -0.1) is 22.7 Å². The van der Waals surface area contributed by atoms with Gasteiger partial charge in [0.05, 0.1) is 4.21 Å². The first kappa shape index (κ1) is 12.4. The van der Waals surface area contributed by atoms with Crippen LogP contribution in [0, 0.1) is 0 Å². The molecule has 0 amide bonds. The van der Waals surface area contributed by atoms with Crippen molar-refractivity contribution in [3.8, 4) is 0 Å². The second-order valence-corrected chi connectivity index (χ2v) is 7.31. The summed E-state index contributed by atoms with van der Waals surface area (Å²) >= 11 is 11.0. The van der Waals surface area contributed by atoms with E-state index in [0.717, 1.165) is 21.7 Å². The molecule has 18 heavy (non-hydrogen) atoms. The molecule has 3 heterocycles. The van der Waals surface area contributed by atoms with Crippen molar-refractivity contribution in [3.63, 3.8) is 0 Å². The van der Waals surface area contributed by atoms with Crippen molar-refractivity contribution in [3.05, 3.63) is 33.7 Å². The molecule has 0 saturated heterocycles. The zero-order chi connectivity index (χ0) is 12.5. The minimum atomic E-state index is 0.325. The predicted molar refractivity (Wildman–Crippen MR) is 80.2 cm³/mol. The van der Waals surface area contributed by atoms with Gasteiger partial charge in [-0.25, -0.2) is 9.97 Å². The molecule has 0 bridgehead atoms. The maximum absolute atomic E-state index is 5.99. The van der Waals surface area contributed by atoms with Crippen LogP contribution in [0.25, 0.3) is 10.2 Å². The number of nitrogens with zero attached hydrogens (tertiary/aromatic N) is 2. The first-order valence-corrected chi connectivity index (χ1v) is 8.32. The highest BCUT2D eigenvalue weighted by atomic mass is 35.5. The van der Waals surface area contributed by atoms with Gasteiger partial charge < -0.3 is 0 Å². The molecule has 0 atom stereocenters. The molecule has 0 fully saturated rings. The van der Waals surface area contributed by atoms with Crippen molar-refractivity contribution >= 4 is 56.3 Å². The fraction of sp³-hybridized carbons (Fsp3) is 0.167. The summed E-state index contributed by atoms with van der Waals surface area (Å²) in [6.07, 6.45) is 1.02. The number of thiophene rings is 2. The van der Waals surface area contributed by atoms with Gasteiger partial charge in [-0.2, -0.15) is 0 Å². The molecular weight excluding hydrogens is 304 g/mol. The highest BCUT2D eigenvalue weighted by Gasteiger charge is 2.12. The molecule has 3 rings (SSSR count). The number of aryl methyl sites for hydroxylation is 1. The van der Waals surface area contributed by atoms with Crippen LogP contribution in [0.3, 0.4) is 0 Å². The Hall–Kier alpha value is -0.620. The third kappa shape index (κ3) is 2.40. The minimum Gasteiger partial charge on any atom is -0.210 e. The van der Waals surface area contributed by atoms with E-state index >= 15 is 0 Å². The quantitative estimate of drug-likeness (QED) is 0.496. The smallest absolute Gasteiger partial charge is 0.210 e. The molecule has 2 nitrogen and oxygen atoms in total. The molecule has 3 aromatic rings. The third-order valence-corrected chi connectivity index (χ3v) is 5.81. The van der Waals surface area contributed by atoms with E-state index < -0.39 is 0 Å². The Kier molecular flexibility index (Phi) is 3.56. The normalized spacial score (nSPS) is 11.2. The molecule has 0 N–H and O–H groups in total. The number of halogens is 1. The second-order valence-electron chi connectivity index (χ2n) is 3.62. The van der Waals surface area contributed by atoms with Crippen molar-refractivity contribution in [1.82, 2.24) is 9.97 Å². The van der Waals surface area contributed by atoms with Gasteiger partial charge in [0.2, 0.25) is 5.28 Å². The molecule has 0 aliphatic carbocycles. The molecule has 0 aromatic carbocycles. The number of fused-ring (bicyclic) bond motifs is 1. The maximum atomic E-state index is 5.99. The summed E-state index contributed by atoms with van der Waals surface area (Å²) in [6.45, 7) is 2.14. The Morgan fingerprint density at radius 3 is 3.00 bits per heavy atom. The van der Waals surface area contributed by atoms with Crippen LogP contribution in [0.4, 0.5) is 0 Å². The standard InChI is InChI=1S/C12H9ClN2S3/c1-2-7-6-8-10(17-7)14-12(13)15-11(8)18-9-4-3-5-16-9/h3-6H,2H2,1H3. The molecule has 92 valence electrons. The van der Waals surface area contributed by atoms with Gasteiger partial charge in [0.1, 0.15) is 9.86 Å². The fourth-order valence-corrected chi connectivity index (χ4v) is 4.67. The summed E-state index contributed by atoms with van der Waals surface area (Å²) in [7, 11) is 0. The highest BCUT2D eigenvalue weighted by Crippen LogP contribution is 2.37. The first-order chi connectivity index (χ1) is 8.76. The molecule has 0 saturated carbocycles. The summed E-state index contributed by atoms with van der Waals surface area (Å²) in [5.74, 6) is 0.